The van der Waals surface area contributed by atoms with Crippen molar-refractivity contribution in [1.82, 2.24) is 21.1 Å². The molecule has 0 spiro atoms. The Morgan fingerprint density at radius 1 is 0.957 bits per heavy atom. The number of ether oxygens (including phenoxy) is 1. The van der Waals surface area contributed by atoms with Gasteiger partial charge in [0.1, 0.15) is 12.4 Å². The van der Waals surface area contributed by atoms with E-state index in [-0.39, 0.29) is 5.91 Å². The first-order valence-corrected chi connectivity index (χ1v) is 13.1. The van der Waals surface area contributed by atoms with Crippen LogP contribution in [0.4, 0.5) is 26.3 Å². The zero-order chi connectivity index (χ0) is 34.7. The number of carbonyl (C=O) groups is 4. The molecule has 4 rings (SSSR count). The third kappa shape index (κ3) is 11.5. The molecule has 1 saturated heterocycles. The summed E-state index contributed by atoms with van der Waals surface area (Å²) in [6.07, 6.45) is -9.63. The van der Waals surface area contributed by atoms with Crippen LogP contribution in [-0.4, -0.2) is 75.6 Å². The van der Waals surface area contributed by atoms with Gasteiger partial charge in [0.25, 0.3) is 5.91 Å². The quantitative estimate of drug-likeness (QED) is 0.129. The van der Waals surface area contributed by atoms with Crippen molar-refractivity contribution >= 4 is 34.7 Å². The fourth-order valence-corrected chi connectivity index (χ4v) is 4.04. The van der Waals surface area contributed by atoms with Gasteiger partial charge in [-0.3, -0.25) is 19.8 Å². The molecule has 2 heterocycles. The Hall–Kier alpha value is -4.97. The lowest BCUT2D eigenvalue weighted by Gasteiger charge is -2.31. The average molecular weight is 663 g/mol. The van der Waals surface area contributed by atoms with Gasteiger partial charge in [0.15, 0.2) is 0 Å². The van der Waals surface area contributed by atoms with Crippen molar-refractivity contribution in [1.29, 1.82) is 0 Å². The van der Waals surface area contributed by atoms with Crippen molar-refractivity contribution in [2.24, 2.45) is 5.92 Å². The Balaban J connectivity index is 0.000000440. The summed E-state index contributed by atoms with van der Waals surface area (Å²) >= 11 is 0. The molecule has 18 heteroatoms. The van der Waals surface area contributed by atoms with Gasteiger partial charge in [-0.05, 0) is 56.3 Å². The molecule has 0 bridgehead atoms. The molecule has 1 aliphatic heterocycles. The van der Waals surface area contributed by atoms with Crippen LogP contribution in [0.15, 0.2) is 54.6 Å². The van der Waals surface area contributed by atoms with Gasteiger partial charge in [0.05, 0.1) is 17.5 Å². The van der Waals surface area contributed by atoms with Crippen molar-refractivity contribution in [3.63, 3.8) is 0 Å². The largest absolute Gasteiger partial charge is 0.490 e. The smallest absolute Gasteiger partial charge is 0.489 e. The van der Waals surface area contributed by atoms with E-state index in [1.54, 1.807) is 29.7 Å². The fraction of sp³-hybridized carbons (Fsp3) is 0.321. The van der Waals surface area contributed by atoms with E-state index in [0.717, 1.165) is 22.2 Å². The molecule has 1 aromatic heterocycles. The number of hydrogen-bond acceptors (Lipinski definition) is 8. The summed E-state index contributed by atoms with van der Waals surface area (Å²) in [6.45, 7) is 3.47. The summed E-state index contributed by atoms with van der Waals surface area (Å²) in [4.78, 5) is 46.9. The number of para-hydroxylation sites is 1. The summed E-state index contributed by atoms with van der Waals surface area (Å²) < 4.78 is 69.4. The van der Waals surface area contributed by atoms with Gasteiger partial charge in [-0.25, -0.2) is 15.1 Å². The molecule has 250 valence electrons. The van der Waals surface area contributed by atoms with Gasteiger partial charge < -0.3 is 25.6 Å². The second-order valence-electron chi connectivity index (χ2n) is 9.51. The van der Waals surface area contributed by atoms with Gasteiger partial charge in [0.2, 0.25) is 5.91 Å². The molecular formula is C28H28F6N4O8. The predicted molar refractivity (Wildman–Crippen MR) is 147 cm³/mol. The Bertz CT molecular complexity index is 1490. The van der Waals surface area contributed by atoms with E-state index >= 15 is 0 Å². The SMILES string of the molecule is Cc1cc(COc2ccc(C(=O)N[C@@H]3CNCC[C@@H]3C(=O)NO)cc2)c2ccccc2n1.O=C(O)C(F)(F)F.O=C(O)C(F)(F)F. The van der Waals surface area contributed by atoms with Gasteiger partial charge in [-0.2, -0.15) is 26.3 Å². The lowest BCUT2D eigenvalue weighted by molar-refractivity contribution is -0.193. The highest BCUT2D eigenvalue weighted by molar-refractivity contribution is 5.95. The van der Waals surface area contributed by atoms with Crippen molar-refractivity contribution in [2.45, 2.75) is 38.3 Å². The number of piperidine rings is 1. The van der Waals surface area contributed by atoms with Gasteiger partial charge in [-0.1, -0.05) is 18.2 Å². The standard InChI is InChI=1S/C24H26N4O4.2C2HF3O2/c1-15-12-17(19-4-2-3-5-21(19)26-15)14-32-18-8-6-16(7-9-18)23(29)27-22-13-25-11-10-20(22)24(30)28-31;2*3-2(4,5)1(6)7/h2-9,12,20,22,25,31H,10-11,13-14H2,1H3,(H,27,29)(H,28,30);2*(H,6,7)/t20-,22+;;/m0../s1. The predicted octanol–water partition coefficient (Wildman–Crippen LogP) is 3.60. The number of aliphatic carboxylic acids is 2. The number of hydroxylamine groups is 1. The van der Waals surface area contributed by atoms with Crippen LogP contribution in [0.3, 0.4) is 0 Å². The Kier molecular flexibility index (Phi) is 13.2. The monoisotopic (exact) mass is 662 g/mol. The van der Waals surface area contributed by atoms with Crippen LogP contribution in [0.5, 0.6) is 5.75 Å². The molecule has 2 aromatic carbocycles. The first-order valence-electron chi connectivity index (χ1n) is 13.1. The molecule has 2 atom stereocenters. The molecule has 3 aromatic rings. The summed E-state index contributed by atoms with van der Waals surface area (Å²) in [5, 5.41) is 30.3. The number of halogens is 6. The van der Waals surface area contributed by atoms with Crippen LogP contribution >= 0.6 is 0 Å². The number of alkyl halides is 6. The van der Waals surface area contributed by atoms with Crippen LogP contribution in [0.1, 0.15) is 28.0 Å². The Morgan fingerprint density at radius 2 is 1.52 bits per heavy atom. The third-order valence-electron chi connectivity index (χ3n) is 6.17. The first kappa shape index (κ1) is 37.2. The number of nitrogens with zero attached hydrogens (tertiary/aromatic N) is 1. The number of nitrogens with one attached hydrogen (secondary N) is 3. The van der Waals surface area contributed by atoms with Crippen LogP contribution in [0.2, 0.25) is 0 Å². The third-order valence-corrected chi connectivity index (χ3v) is 6.17. The number of pyridine rings is 1. The maximum Gasteiger partial charge on any atom is 0.490 e. The highest BCUT2D eigenvalue weighted by Gasteiger charge is 2.39. The van der Waals surface area contributed by atoms with Crippen molar-refractivity contribution in [3.8, 4) is 5.75 Å². The zero-order valence-electron chi connectivity index (χ0n) is 23.8. The summed E-state index contributed by atoms with van der Waals surface area (Å²) in [5.41, 5.74) is 5.07. The van der Waals surface area contributed by atoms with E-state index in [4.69, 9.17) is 29.7 Å². The number of amides is 2. The summed E-state index contributed by atoms with van der Waals surface area (Å²) in [7, 11) is 0. The molecule has 0 radical (unpaired) electrons. The van der Waals surface area contributed by atoms with E-state index in [0.29, 0.717) is 37.4 Å². The van der Waals surface area contributed by atoms with E-state index in [9.17, 15) is 35.9 Å². The van der Waals surface area contributed by atoms with E-state index in [2.05, 4.69) is 15.6 Å². The highest BCUT2D eigenvalue weighted by Crippen LogP contribution is 2.21. The topological polar surface area (TPSA) is 187 Å². The molecule has 2 amide bonds. The fourth-order valence-electron chi connectivity index (χ4n) is 4.04. The number of carboxylic acid groups (broad SMARTS) is 2. The van der Waals surface area contributed by atoms with Crippen LogP contribution in [0.25, 0.3) is 10.9 Å². The summed E-state index contributed by atoms with van der Waals surface area (Å²) in [5.74, 6) is -6.11. The number of rotatable bonds is 6. The minimum absolute atomic E-state index is 0.281. The number of carboxylic acids is 2. The number of aromatic nitrogens is 1. The lowest BCUT2D eigenvalue weighted by Crippen LogP contribution is -2.55. The van der Waals surface area contributed by atoms with Crippen molar-refractivity contribution in [2.75, 3.05) is 13.1 Å². The maximum absolute atomic E-state index is 12.7. The minimum atomic E-state index is -5.08. The average Bonchev–Trinajstić information content (AvgIpc) is 2.99. The molecule has 1 aliphatic rings. The number of fused-ring (bicyclic) bond motifs is 1. The number of hydrogen-bond donors (Lipinski definition) is 6. The first-order chi connectivity index (χ1) is 21.4. The molecular weight excluding hydrogens is 634 g/mol. The van der Waals surface area contributed by atoms with Gasteiger partial charge in [-0.15, -0.1) is 0 Å². The van der Waals surface area contributed by atoms with Crippen molar-refractivity contribution < 1.29 is 65.7 Å². The second kappa shape index (κ2) is 16.4. The lowest BCUT2D eigenvalue weighted by atomic mass is 9.91. The normalized spacial score (nSPS) is 16.1. The van der Waals surface area contributed by atoms with Gasteiger partial charge >= 0.3 is 24.3 Å². The van der Waals surface area contributed by atoms with E-state index < -0.39 is 42.2 Å². The number of carbonyl (C=O) groups excluding carboxylic acids is 2. The van der Waals surface area contributed by atoms with Crippen molar-refractivity contribution in [3.05, 3.63) is 71.4 Å². The molecule has 0 saturated carbocycles. The molecule has 1 fully saturated rings. The van der Waals surface area contributed by atoms with E-state index in [1.165, 1.54) is 0 Å². The number of benzene rings is 2. The van der Waals surface area contributed by atoms with Gasteiger partial charge in [0, 0.05) is 28.8 Å². The molecule has 46 heavy (non-hydrogen) atoms. The Morgan fingerprint density at radius 3 is 2.07 bits per heavy atom. The van der Waals surface area contributed by atoms with Crippen LogP contribution in [0, 0.1) is 12.8 Å². The summed E-state index contributed by atoms with van der Waals surface area (Å²) in [6, 6.07) is 16.5. The maximum atomic E-state index is 12.7. The molecule has 12 nitrogen and oxygen atoms in total. The van der Waals surface area contributed by atoms with Crippen LogP contribution < -0.4 is 20.9 Å². The van der Waals surface area contributed by atoms with E-state index in [1.807, 2.05) is 37.3 Å². The molecule has 6 N–H and O–H groups in total. The zero-order valence-corrected chi connectivity index (χ0v) is 23.8. The Labute approximate surface area is 256 Å². The van der Waals surface area contributed by atoms with Crippen LogP contribution in [-0.2, 0) is 21.0 Å². The second-order valence-corrected chi connectivity index (χ2v) is 9.51. The molecule has 0 aliphatic carbocycles. The molecule has 0 unspecified atom stereocenters. The number of aryl methyl sites for hydroxylation is 1. The minimum Gasteiger partial charge on any atom is -0.489 e. The highest BCUT2D eigenvalue weighted by atomic mass is 19.4.